The first-order valence-electron chi connectivity index (χ1n) is 6.79. The summed E-state index contributed by atoms with van der Waals surface area (Å²) in [5, 5.41) is 11.3. The van der Waals surface area contributed by atoms with Gasteiger partial charge in [0.15, 0.2) is 12.4 Å². The fraction of sp³-hybridized carbons (Fsp3) is 0.0667. The van der Waals surface area contributed by atoms with Gasteiger partial charge in [0.05, 0.1) is 15.5 Å². The average Bonchev–Trinajstić information content (AvgIpc) is 2.60. The molecular weight excluding hydrogens is 373 g/mol. The molecule has 2 aromatic rings. The van der Waals surface area contributed by atoms with Crippen LogP contribution in [0.15, 0.2) is 42.5 Å². The van der Waals surface area contributed by atoms with Crippen LogP contribution in [0.2, 0.25) is 10.0 Å². The van der Waals surface area contributed by atoms with Gasteiger partial charge in [-0.2, -0.15) is 0 Å². The number of nitro groups is 1. The summed E-state index contributed by atoms with van der Waals surface area (Å²) in [4.78, 5) is 33.9. The molecule has 0 aliphatic heterocycles. The second kappa shape index (κ2) is 8.32. The number of para-hydroxylation sites is 2. The summed E-state index contributed by atoms with van der Waals surface area (Å²) >= 11 is 11.7. The number of nitrogens with one attached hydrogen (secondary N) is 2. The first kappa shape index (κ1) is 18.5. The summed E-state index contributed by atoms with van der Waals surface area (Å²) in [6.07, 6.45) is 0. The van der Waals surface area contributed by atoms with E-state index < -0.39 is 23.3 Å². The molecular formula is C15H11Cl2N3O5. The fourth-order valence-corrected chi connectivity index (χ4v) is 2.15. The number of hydrazine groups is 1. The molecule has 2 amide bonds. The molecule has 2 aromatic carbocycles. The third-order valence-electron chi connectivity index (χ3n) is 2.91. The number of rotatable bonds is 5. The zero-order valence-electron chi connectivity index (χ0n) is 12.5. The maximum atomic E-state index is 11.9. The van der Waals surface area contributed by atoms with Gasteiger partial charge in [-0.15, -0.1) is 0 Å². The molecule has 0 spiro atoms. The third kappa shape index (κ3) is 5.07. The van der Waals surface area contributed by atoms with Crippen molar-refractivity contribution in [2.75, 3.05) is 6.61 Å². The highest BCUT2D eigenvalue weighted by molar-refractivity contribution is 6.35. The Morgan fingerprint density at radius 1 is 1.12 bits per heavy atom. The van der Waals surface area contributed by atoms with Crippen molar-refractivity contribution >= 4 is 40.7 Å². The van der Waals surface area contributed by atoms with E-state index >= 15 is 0 Å². The molecule has 0 heterocycles. The van der Waals surface area contributed by atoms with Crippen LogP contribution in [0.3, 0.4) is 0 Å². The lowest BCUT2D eigenvalue weighted by Crippen LogP contribution is -2.43. The molecule has 2 rings (SSSR count). The molecule has 0 saturated heterocycles. The Morgan fingerprint density at radius 2 is 1.84 bits per heavy atom. The smallest absolute Gasteiger partial charge is 0.310 e. The Hall–Kier alpha value is -2.84. The highest BCUT2D eigenvalue weighted by atomic mass is 35.5. The highest BCUT2D eigenvalue weighted by Crippen LogP contribution is 2.25. The molecule has 0 bridgehead atoms. The number of hydrogen-bond acceptors (Lipinski definition) is 5. The largest absolute Gasteiger partial charge is 0.477 e. The van der Waals surface area contributed by atoms with Crippen molar-refractivity contribution in [1.82, 2.24) is 10.9 Å². The second-order valence-corrected chi connectivity index (χ2v) is 5.48. The molecule has 0 radical (unpaired) electrons. The topological polar surface area (TPSA) is 111 Å². The number of ether oxygens (including phenoxy) is 1. The number of nitrogens with zero attached hydrogens (tertiary/aromatic N) is 1. The van der Waals surface area contributed by atoms with Gasteiger partial charge in [0.2, 0.25) is 0 Å². The summed E-state index contributed by atoms with van der Waals surface area (Å²) < 4.78 is 5.09. The molecule has 0 aromatic heterocycles. The van der Waals surface area contributed by atoms with Gasteiger partial charge in [0.1, 0.15) is 0 Å². The van der Waals surface area contributed by atoms with Crippen molar-refractivity contribution in [3.8, 4) is 5.75 Å². The number of nitro benzene ring substituents is 1. The van der Waals surface area contributed by atoms with Crippen LogP contribution >= 0.6 is 23.2 Å². The lowest BCUT2D eigenvalue weighted by Gasteiger charge is -2.10. The summed E-state index contributed by atoms with van der Waals surface area (Å²) in [5.74, 6) is -1.46. The molecule has 25 heavy (non-hydrogen) atoms. The van der Waals surface area contributed by atoms with Gasteiger partial charge in [0, 0.05) is 11.1 Å². The van der Waals surface area contributed by atoms with Crippen molar-refractivity contribution in [2.45, 2.75) is 0 Å². The van der Waals surface area contributed by atoms with E-state index in [1.54, 1.807) is 0 Å². The van der Waals surface area contributed by atoms with E-state index in [9.17, 15) is 19.7 Å². The summed E-state index contributed by atoms with van der Waals surface area (Å²) in [7, 11) is 0. The third-order valence-corrected chi connectivity index (χ3v) is 3.47. The van der Waals surface area contributed by atoms with Crippen molar-refractivity contribution in [2.24, 2.45) is 0 Å². The Bertz CT molecular complexity index is 829. The Balaban J connectivity index is 1.90. The van der Waals surface area contributed by atoms with Crippen LogP contribution in [0.5, 0.6) is 5.75 Å². The zero-order chi connectivity index (χ0) is 18.4. The van der Waals surface area contributed by atoms with Gasteiger partial charge >= 0.3 is 5.69 Å². The van der Waals surface area contributed by atoms with Gasteiger partial charge < -0.3 is 4.74 Å². The molecule has 8 nitrogen and oxygen atoms in total. The van der Waals surface area contributed by atoms with Crippen LogP contribution in [-0.4, -0.2) is 23.3 Å². The first-order chi connectivity index (χ1) is 11.9. The van der Waals surface area contributed by atoms with Crippen molar-refractivity contribution < 1.29 is 19.2 Å². The number of carbonyl (C=O) groups is 2. The maximum Gasteiger partial charge on any atom is 0.310 e. The zero-order valence-corrected chi connectivity index (χ0v) is 14.0. The van der Waals surface area contributed by atoms with Crippen LogP contribution in [0.25, 0.3) is 0 Å². The van der Waals surface area contributed by atoms with E-state index in [-0.39, 0.29) is 22.0 Å². The standard InChI is InChI=1S/C15H11Cl2N3O5/c16-9-5-6-11(17)10(7-9)15(22)19-18-14(21)8-25-13-4-2-1-3-12(13)20(23)24/h1-7H,8H2,(H,18,21)(H,19,22). The van der Waals surface area contributed by atoms with Crippen molar-refractivity contribution in [3.05, 3.63) is 68.2 Å². The molecule has 0 aliphatic carbocycles. The first-order valence-corrected chi connectivity index (χ1v) is 7.54. The number of carbonyl (C=O) groups excluding carboxylic acids is 2. The average molecular weight is 384 g/mol. The second-order valence-electron chi connectivity index (χ2n) is 4.64. The molecule has 0 unspecified atom stereocenters. The quantitative estimate of drug-likeness (QED) is 0.608. The van der Waals surface area contributed by atoms with Crippen LogP contribution < -0.4 is 15.6 Å². The molecule has 0 aliphatic rings. The predicted octanol–water partition coefficient (Wildman–Crippen LogP) is 2.74. The lowest BCUT2D eigenvalue weighted by atomic mass is 10.2. The van der Waals surface area contributed by atoms with E-state index in [2.05, 4.69) is 10.9 Å². The summed E-state index contributed by atoms with van der Waals surface area (Å²) in [6, 6.07) is 9.91. The molecule has 2 N–H and O–H groups in total. The summed E-state index contributed by atoms with van der Waals surface area (Å²) in [5.41, 5.74) is 4.06. The van der Waals surface area contributed by atoms with Gasteiger partial charge in [-0.25, -0.2) is 0 Å². The minimum atomic E-state index is -0.718. The van der Waals surface area contributed by atoms with E-state index in [0.29, 0.717) is 5.02 Å². The number of amides is 2. The lowest BCUT2D eigenvalue weighted by molar-refractivity contribution is -0.385. The van der Waals surface area contributed by atoms with Crippen LogP contribution in [0.1, 0.15) is 10.4 Å². The highest BCUT2D eigenvalue weighted by Gasteiger charge is 2.16. The van der Waals surface area contributed by atoms with Crippen LogP contribution in [0.4, 0.5) is 5.69 Å². The van der Waals surface area contributed by atoms with Crippen LogP contribution in [-0.2, 0) is 4.79 Å². The summed E-state index contributed by atoms with van der Waals surface area (Å²) in [6.45, 7) is -0.533. The van der Waals surface area contributed by atoms with Gasteiger partial charge in [-0.1, -0.05) is 35.3 Å². The van der Waals surface area contributed by atoms with Crippen molar-refractivity contribution in [3.63, 3.8) is 0 Å². The Kier molecular flexibility index (Phi) is 6.15. The maximum absolute atomic E-state index is 11.9. The minimum absolute atomic E-state index is 0.0631. The van der Waals surface area contributed by atoms with E-state index in [1.165, 1.54) is 42.5 Å². The SMILES string of the molecule is O=C(COc1ccccc1[N+](=O)[O-])NNC(=O)c1cc(Cl)ccc1Cl. The van der Waals surface area contributed by atoms with Crippen LogP contribution in [0, 0.1) is 10.1 Å². The van der Waals surface area contributed by atoms with Gasteiger partial charge in [-0.3, -0.25) is 30.6 Å². The minimum Gasteiger partial charge on any atom is -0.477 e. The van der Waals surface area contributed by atoms with E-state index in [4.69, 9.17) is 27.9 Å². The number of benzene rings is 2. The molecule has 0 atom stereocenters. The number of hydrogen-bond donors (Lipinski definition) is 2. The molecule has 0 saturated carbocycles. The Morgan fingerprint density at radius 3 is 2.56 bits per heavy atom. The monoisotopic (exact) mass is 383 g/mol. The molecule has 10 heteroatoms. The number of halogens is 2. The molecule has 130 valence electrons. The van der Waals surface area contributed by atoms with Crippen molar-refractivity contribution in [1.29, 1.82) is 0 Å². The predicted molar refractivity (Wildman–Crippen MR) is 90.7 cm³/mol. The van der Waals surface area contributed by atoms with Gasteiger partial charge in [-0.05, 0) is 24.3 Å². The normalized spacial score (nSPS) is 10.0. The Labute approximate surface area is 151 Å². The van der Waals surface area contributed by atoms with E-state index in [0.717, 1.165) is 0 Å². The fourth-order valence-electron chi connectivity index (χ4n) is 1.77. The van der Waals surface area contributed by atoms with E-state index in [1.807, 2.05) is 0 Å². The van der Waals surface area contributed by atoms with Gasteiger partial charge in [0.25, 0.3) is 11.8 Å². The molecule has 0 fully saturated rings.